The summed E-state index contributed by atoms with van der Waals surface area (Å²) in [6.07, 6.45) is 0. The highest BCUT2D eigenvalue weighted by Gasteiger charge is 2.05. The van der Waals surface area contributed by atoms with E-state index in [9.17, 15) is 4.39 Å². The summed E-state index contributed by atoms with van der Waals surface area (Å²) in [5.41, 5.74) is 8.45. The molecule has 2 N–H and O–H groups in total. The van der Waals surface area contributed by atoms with Gasteiger partial charge in [0.15, 0.2) is 0 Å². The van der Waals surface area contributed by atoms with Crippen LogP contribution in [0.5, 0.6) is 0 Å². The summed E-state index contributed by atoms with van der Waals surface area (Å²) in [5.74, 6) is -0.251. The van der Waals surface area contributed by atoms with Crippen molar-refractivity contribution in [2.45, 2.75) is 6.54 Å². The Balaban J connectivity index is 2.55. The largest absolute Gasteiger partial charge is 0.326 e. The molecule has 0 spiro atoms. The van der Waals surface area contributed by atoms with Gasteiger partial charge in [-0.05, 0) is 41.0 Å². The van der Waals surface area contributed by atoms with Crippen molar-refractivity contribution < 1.29 is 4.39 Å². The predicted octanol–water partition coefficient (Wildman–Crippen LogP) is 3.71. The van der Waals surface area contributed by atoms with Crippen LogP contribution in [-0.4, -0.2) is 0 Å². The topological polar surface area (TPSA) is 26.0 Å². The Kier molecular flexibility index (Phi) is 3.36. The highest BCUT2D eigenvalue weighted by atomic mass is 79.9. The van der Waals surface area contributed by atoms with Crippen molar-refractivity contribution in [3.8, 4) is 11.1 Å². The number of hydrogen-bond donors (Lipinski definition) is 1. The van der Waals surface area contributed by atoms with Crippen molar-refractivity contribution >= 4 is 15.9 Å². The Morgan fingerprint density at radius 2 is 1.94 bits per heavy atom. The molecule has 0 fully saturated rings. The molecular weight excluding hydrogens is 269 g/mol. The lowest BCUT2D eigenvalue weighted by Gasteiger charge is -2.08. The van der Waals surface area contributed by atoms with Crippen LogP contribution >= 0.6 is 15.9 Å². The van der Waals surface area contributed by atoms with Crippen molar-refractivity contribution in [2.24, 2.45) is 5.73 Å². The first-order chi connectivity index (χ1) is 7.70. The van der Waals surface area contributed by atoms with Crippen molar-refractivity contribution in [1.82, 2.24) is 0 Å². The smallest absolute Gasteiger partial charge is 0.123 e. The fraction of sp³-hybridized carbons (Fsp3) is 0.0769. The van der Waals surface area contributed by atoms with Crippen LogP contribution in [0, 0.1) is 5.82 Å². The molecule has 0 atom stereocenters. The van der Waals surface area contributed by atoms with Gasteiger partial charge in [-0.15, -0.1) is 0 Å². The number of benzene rings is 2. The molecule has 0 amide bonds. The zero-order valence-electron chi connectivity index (χ0n) is 8.58. The van der Waals surface area contributed by atoms with E-state index in [-0.39, 0.29) is 5.82 Å². The lowest BCUT2D eigenvalue weighted by atomic mass is 10.00. The molecule has 0 unspecified atom stereocenters. The molecule has 0 radical (unpaired) electrons. The summed E-state index contributed by atoms with van der Waals surface area (Å²) in [6, 6.07) is 12.6. The maximum absolute atomic E-state index is 13.1. The fourth-order valence-corrected chi connectivity index (χ4v) is 2.07. The summed E-state index contributed by atoms with van der Waals surface area (Å²) in [7, 11) is 0. The van der Waals surface area contributed by atoms with Gasteiger partial charge in [0.05, 0.1) is 0 Å². The Morgan fingerprint density at radius 3 is 2.62 bits per heavy atom. The van der Waals surface area contributed by atoms with Gasteiger partial charge >= 0.3 is 0 Å². The molecule has 0 aliphatic heterocycles. The minimum atomic E-state index is -0.251. The summed E-state index contributed by atoms with van der Waals surface area (Å²) >= 11 is 3.42. The normalized spacial score (nSPS) is 10.4. The third kappa shape index (κ3) is 2.31. The second-order valence-electron chi connectivity index (χ2n) is 3.52. The van der Waals surface area contributed by atoms with Crippen molar-refractivity contribution in [3.05, 3.63) is 58.3 Å². The molecule has 2 aromatic rings. The molecule has 0 aliphatic carbocycles. The van der Waals surface area contributed by atoms with Crippen LogP contribution in [0.15, 0.2) is 46.9 Å². The maximum atomic E-state index is 13.1. The van der Waals surface area contributed by atoms with Crippen LogP contribution in [0.4, 0.5) is 4.39 Å². The molecule has 2 aromatic carbocycles. The SMILES string of the molecule is NCc1cc(F)ccc1-c1cccc(Br)c1. The second kappa shape index (κ2) is 4.76. The van der Waals surface area contributed by atoms with E-state index in [1.807, 2.05) is 24.3 Å². The van der Waals surface area contributed by atoms with Crippen LogP contribution in [0.2, 0.25) is 0 Å². The monoisotopic (exact) mass is 279 g/mol. The van der Waals surface area contributed by atoms with Gasteiger partial charge in [0.1, 0.15) is 5.82 Å². The lowest BCUT2D eigenvalue weighted by Crippen LogP contribution is -1.99. The average molecular weight is 280 g/mol. The quantitative estimate of drug-likeness (QED) is 0.891. The van der Waals surface area contributed by atoms with E-state index in [4.69, 9.17) is 5.73 Å². The Morgan fingerprint density at radius 1 is 1.12 bits per heavy atom. The molecule has 3 heteroatoms. The summed E-state index contributed by atoms with van der Waals surface area (Å²) in [6.45, 7) is 0.333. The lowest BCUT2D eigenvalue weighted by molar-refractivity contribution is 0.625. The van der Waals surface area contributed by atoms with Gasteiger partial charge in [0, 0.05) is 11.0 Å². The Hall–Kier alpha value is -1.19. The molecule has 0 saturated carbocycles. The van der Waals surface area contributed by atoms with Crippen LogP contribution in [0.3, 0.4) is 0 Å². The van der Waals surface area contributed by atoms with Gasteiger partial charge in [-0.25, -0.2) is 4.39 Å². The van der Waals surface area contributed by atoms with Gasteiger partial charge in [0.25, 0.3) is 0 Å². The van der Waals surface area contributed by atoms with Gasteiger partial charge in [-0.2, -0.15) is 0 Å². The fourth-order valence-electron chi connectivity index (χ4n) is 1.67. The second-order valence-corrected chi connectivity index (χ2v) is 4.43. The van der Waals surface area contributed by atoms with Crippen LogP contribution in [0.1, 0.15) is 5.56 Å². The van der Waals surface area contributed by atoms with Crippen LogP contribution in [0.25, 0.3) is 11.1 Å². The van der Waals surface area contributed by atoms with Crippen molar-refractivity contribution in [2.75, 3.05) is 0 Å². The van der Waals surface area contributed by atoms with E-state index in [0.717, 1.165) is 21.2 Å². The summed E-state index contributed by atoms with van der Waals surface area (Å²) in [5, 5.41) is 0. The zero-order valence-corrected chi connectivity index (χ0v) is 10.2. The van der Waals surface area contributed by atoms with E-state index >= 15 is 0 Å². The predicted molar refractivity (Wildman–Crippen MR) is 67.4 cm³/mol. The standard InChI is InChI=1S/C13H11BrFN/c14-11-3-1-2-9(6-11)13-5-4-12(15)7-10(13)8-16/h1-7H,8,16H2. The highest BCUT2D eigenvalue weighted by Crippen LogP contribution is 2.26. The summed E-state index contributed by atoms with van der Waals surface area (Å²) in [4.78, 5) is 0. The molecule has 2 rings (SSSR count). The number of halogens is 2. The third-order valence-electron chi connectivity index (χ3n) is 2.42. The Labute approximate surface area is 102 Å². The van der Waals surface area contributed by atoms with E-state index < -0.39 is 0 Å². The Bertz CT molecular complexity index is 511. The molecule has 82 valence electrons. The number of rotatable bonds is 2. The average Bonchev–Trinajstić information content (AvgIpc) is 2.28. The van der Waals surface area contributed by atoms with E-state index in [2.05, 4.69) is 15.9 Å². The first-order valence-corrected chi connectivity index (χ1v) is 5.74. The molecular formula is C13H11BrFN. The number of nitrogens with two attached hydrogens (primary N) is 1. The molecule has 0 heterocycles. The molecule has 0 bridgehead atoms. The molecule has 1 nitrogen and oxygen atoms in total. The number of hydrogen-bond acceptors (Lipinski definition) is 1. The minimum Gasteiger partial charge on any atom is -0.326 e. The minimum absolute atomic E-state index is 0.251. The molecule has 0 saturated heterocycles. The zero-order chi connectivity index (χ0) is 11.5. The van der Waals surface area contributed by atoms with Crippen molar-refractivity contribution in [1.29, 1.82) is 0 Å². The van der Waals surface area contributed by atoms with E-state index in [0.29, 0.717) is 6.54 Å². The van der Waals surface area contributed by atoms with Crippen LogP contribution in [-0.2, 0) is 6.54 Å². The maximum Gasteiger partial charge on any atom is 0.123 e. The van der Waals surface area contributed by atoms with E-state index in [1.165, 1.54) is 12.1 Å². The van der Waals surface area contributed by atoms with Gasteiger partial charge in [-0.3, -0.25) is 0 Å². The first-order valence-electron chi connectivity index (χ1n) is 4.95. The summed E-state index contributed by atoms with van der Waals surface area (Å²) < 4.78 is 14.1. The first kappa shape index (κ1) is 11.3. The molecule has 16 heavy (non-hydrogen) atoms. The van der Waals surface area contributed by atoms with Crippen LogP contribution < -0.4 is 5.73 Å². The van der Waals surface area contributed by atoms with Crippen molar-refractivity contribution in [3.63, 3.8) is 0 Å². The van der Waals surface area contributed by atoms with E-state index in [1.54, 1.807) is 6.07 Å². The highest BCUT2D eigenvalue weighted by molar-refractivity contribution is 9.10. The van der Waals surface area contributed by atoms with Gasteiger partial charge < -0.3 is 5.73 Å². The molecule has 0 aliphatic rings. The third-order valence-corrected chi connectivity index (χ3v) is 2.92. The van der Waals surface area contributed by atoms with Gasteiger partial charge in [-0.1, -0.05) is 34.1 Å². The van der Waals surface area contributed by atoms with Gasteiger partial charge in [0.2, 0.25) is 0 Å². The molecule has 0 aromatic heterocycles.